The lowest BCUT2D eigenvalue weighted by Crippen LogP contribution is -2.66. The maximum atomic E-state index is 13.1. The van der Waals surface area contributed by atoms with E-state index >= 15 is 0 Å². The van der Waals surface area contributed by atoms with E-state index in [0.29, 0.717) is 6.42 Å². The van der Waals surface area contributed by atoms with Gasteiger partial charge in [-0.1, -0.05) is 5.16 Å². The van der Waals surface area contributed by atoms with Crippen LogP contribution in [-0.2, 0) is 34.3 Å². The van der Waals surface area contributed by atoms with Gasteiger partial charge < -0.3 is 26.3 Å². The predicted octanol–water partition coefficient (Wildman–Crippen LogP) is -1.54. The Morgan fingerprint density at radius 2 is 2.00 bits per heavy atom. The number of anilines is 1. The Kier molecular flexibility index (Phi) is 7.16. The molecule has 0 bridgehead atoms. The number of nitrogen functional groups attached to an aromatic ring is 1. The van der Waals surface area contributed by atoms with Crippen LogP contribution in [0.3, 0.4) is 0 Å². The first kappa shape index (κ1) is 26.5. The molecule has 35 heavy (non-hydrogen) atoms. The number of hydrogen-bond donors (Lipinski definition) is 4. The summed E-state index contributed by atoms with van der Waals surface area (Å²) in [6.07, 6.45) is -0.259. The summed E-state index contributed by atoms with van der Waals surface area (Å²) >= 11 is 0.973. The number of Topliss-reactive ketones (excluding diaryl/α,β-unsaturated/α-hetero) is 1. The highest BCUT2D eigenvalue weighted by atomic mass is 32.2. The molecule has 192 valence electrons. The SMILES string of the molecule is CC(C)(O/N=C(\C(=O)C[C@@H]1C(=O)N(S(=O)(=O)O)[C@@H]1CN1CC[C@H](N)C1=O)c1csc(N)n1)C(=O)O. The summed E-state index contributed by atoms with van der Waals surface area (Å²) in [6, 6.07) is -2.00. The van der Waals surface area contributed by atoms with Crippen LogP contribution >= 0.6 is 11.3 Å². The highest BCUT2D eigenvalue weighted by Crippen LogP contribution is 2.34. The molecule has 3 atom stereocenters. The summed E-state index contributed by atoms with van der Waals surface area (Å²) in [5.41, 5.74) is 9.03. The molecule has 6 N–H and O–H groups in total. The van der Waals surface area contributed by atoms with E-state index in [1.54, 1.807) is 0 Å². The van der Waals surface area contributed by atoms with Crippen LogP contribution in [-0.4, -0.2) is 92.3 Å². The third-order valence-corrected chi connectivity index (χ3v) is 7.23. The van der Waals surface area contributed by atoms with E-state index in [4.69, 9.17) is 16.3 Å². The fourth-order valence-corrected chi connectivity index (χ4v) is 5.05. The minimum absolute atomic E-state index is 0.0330. The predicted molar refractivity (Wildman–Crippen MR) is 120 cm³/mol. The molecule has 2 saturated heterocycles. The second-order valence-electron chi connectivity index (χ2n) is 8.51. The van der Waals surface area contributed by atoms with Crippen molar-refractivity contribution in [3.63, 3.8) is 0 Å². The highest BCUT2D eigenvalue weighted by Gasteiger charge is 2.55. The van der Waals surface area contributed by atoms with Crippen LogP contribution in [0.15, 0.2) is 10.5 Å². The number of carboxylic acids is 1. The van der Waals surface area contributed by atoms with E-state index in [-0.39, 0.29) is 28.2 Å². The zero-order chi connectivity index (χ0) is 26.3. The molecular weight excluding hydrogens is 508 g/mol. The smallest absolute Gasteiger partial charge is 0.362 e. The number of ketones is 1. The molecule has 2 amide bonds. The number of thiazole rings is 1. The van der Waals surface area contributed by atoms with Gasteiger partial charge in [-0.25, -0.2) is 14.1 Å². The van der Waals surface area contributed by atoms with Gasteiger partial charge in [0.2, 0.25) is 17.4 Å². The molecule has 0 aliphatic carbocycles. The number of β-lactam (4-membered cyclic amide) rings is 1. The fourth-order valence-electron chi connectivity index (χ4n) is 3.58. The van der Waals surface area contributed by atoms with E-state index in [9.17, 15) is 37.3 Å². The molecular formula is C18H24N6O9S2. The largest absolute Gasteiger partial charge is 0.478 e. The molecule has 0 aromatic carbocycles. The number of carbonyl (C=O) groups excluding carboxylic acids is 3. The van der Waals surface area contributed by atoms with Crippen LogP contribution in [0.5, 0.6) is 0 Å². The van der Waals surface area contributed by atoms with Crippen molar-refractivity contribution >= 4 is 56.1 Å². The van der Waals surface area contributed by atoms with Gasteiger partial charge in [0.05, 0.1) is 18.0 Å². The molecule has 3 rings (SSSR count). The lowest BCUT2D eigenvalue weighted by Gasteiger charge is -2.45. The average molecular weight is 533 g/mol. The Morgan fingerprint density at radius 3 is 2.49 bits per heavy atom. The molecule has 2 fully saturated rings. The van der Waals surface area contributed by atoms with Crippen molar-refractivity contribution in [3.8, 4) is 0 Å². The van der Waals surface area contributed by atoms with Crippen molar-refractivity contribution in [2.45, 2.75) is 44.4 Å². The Labute approximate surface area is 203 Å². The van der Waals surface area contributed by atoms with Gasteiger partial charge in [-0.15, -0.1) is 11.3 Å². The quantitative estimate of drug-likeness (QED) is 0.116. The monoisotopic (exact) mass is 532 g/mol. The molecule has 2 aliphatic rings. The second kappa shape index (κ2) is 9.48. The van der Waals surface area contributed by atoms with Crippen molar-refractivity contribution < 1.29 is 42.1 Å². The van der Waals surface area contributed by atoms with Gasteiger partial charge in [-0.05, 0) is 20.3 Å². The maximum absolute atomic E-state index is 13.1. The second-order valence-corrected chi connectivity index (χ2v) is 10.7. The molecule has 0 saturated carbocycles. The van der Waals surface area contributed by atoms with Gasteiger partial charge >= 0.3 is 16.3 Å². The Balaban J connectivity index is 1.87. The summed E-state index contributed by atoms with van der Waals surface area (Å²) in [5.74, 6) is -4.92. The summed E-state index contributed by atoms with van der Waals surface area (Å²) in [7, 11) is -4.96. The molecule has 0 unspecified atom stereocenters. The number of aromatic nitrogens is 1. The van der Waals surface area contributed by atoms with Crippen LogP contribution in [0.25, 0.3) is 0 Å². The summed E-state index contributed by atoms with van der Waals surface area (Å²) in [5, 5.41) is 14.3. The Hall–Kier alpha value is -3.15. The number of oxime groups is 1. The van der Waals surface area contributed by atoms with E-state index in [2.05, 4.69) is 10.1 Å². The van der Waals surface area contributed by atoms with Gasteiger partial charge in [-0.3, -0.25) is 18.9 Å². The lowest BCUT2D eigenvalue weighted by molar-refractivity contribution is -0.161. The summed E-state index contributed by atoms with van der Waals surface area (Å²) in [4.78, 5) is 59.4. The average Bonchev–Trinajstić information content (AvgIpc) is 3.30. The van der Waals surface area contributed by atoms with Gasteiger partial charge in [0, 0.05) is 24.9 Å². The molecule has 15 nitrogen and oxygen atoms in total. The number of carboxylic acid groups (broad SMARTS) is 1. The van der Waals surface area contributed by atoms with Crippen molar-refractivity contribution in [2.24, 2.45) is 16.8 Å². The van der Waals surface area contributed by atoms with Crippen molar-refractivity contribution in [1.29, 1.82) is 0 Å². The Morgan fingerprint density at radius 1 is 1.34 bits per heavy atom. The number of rotatable bonds is 10. The van der Waals surface area contributed by atoms with Gasteiger partial charge in [0.25, 0.3) is 0 Å². The van der Waals surface area contributed by atoms with Crippen LogP contribution < -0.4 is 11.5 Å². The topological polar surface area (TPSA) is 236 Å². The summed E-state index contributed by atoms with van der Waals surface area (Å²) in [6.45, 7) is 2.34. The number of aliphatic carboxylic acids is 1. The first-order valence-electron chi connectivity index (χ1n) is 10.2. The first-order chi connectivity index (χ1) is 16.1. The molecule has 1 aromatic heterocycles. The molecule has 1 aromatic rings. The molecule has 2 aliphatic heterocycles. The third-order valence-electron chi connectivity index (χ3n) is 5.61. The maximum Gasteiger partial charge on any atom is 0.362 e. The van der Waals surface area contributed by atoms with Crippen LogP contribution in [0.1, 0.15) is 32.4 Å². The molecule has 0 radical (unpaired) electrons. The van der Waals surface area contributed by atoms with Gasteiger partial charge in [0.15, 0.2) is 16.6 Å². The van der Waals surface area contributed by atoms with Gasteiger partial charge in [-0.2, -0.15) is 8.42 Å². The third kappa shape index (κ3) is 5.42. The number of nitrogens with two attached hydrogens (primary N) is 2. The number of carbonyl (C=O) groups is 4. The number of nitrogens with zero attached hydrogens (tertiary/aromatic N) is 4. The minimum atomic E-state index is -4.96. The lowest BCUT2D eigenvalue weighted by atomic mass is 9.84. The van der Waals surface area contributed by atoms with E-state index < -0.39 is 69.6 Å². The molecule has 17 heteroatoms. The molecule has 3 heterocycles. The van der Waals surface area contributed by atoms with Crippen LogP contribution in [0, 0.1) is 5.92 Å². The number of hydrogen-bond acceptors (Lipinski definition) is 12. The standard InChI is InChI=1S/C18H24N6O9S2/c1-18(2,16(28)29)33-22-13(10-7-34-17(20)21-10)12(25)5-8-11(24(14(8)26)35(30,31)32)6-23-4-3-9(19)15(23)27/h7-9,11H,3-6,19H2,1-2H3,(H2,20,21)(H,28,29)(H,30,31,32)/b22-13-/t8-,9-,11+/m0/s1. The Bertz CT molecular complexity index is 1190. The normalized spacial score (nSPS) is 23.4. The first-order valence-corrected chi connectivity index (χ1v) is 12.5. The zero-order valence-electron chi connectivity index (χ0n) is 18.7. The van der Waals surface area contributed by atoms with Crippen LogP contribution in [0.4, 0.5) is 5.13 Å². The van der Waals surface area contributed by atoms with E-state index in [1.165, 1.54) is 24.1 Å². The van der Waals surface area contributed by atoms with Gasteiger partial charge in [0.1, 0.15) is 5.69 Å². The van der Waals surface area contributed by atoms with E-state index in [1.807, 2.05) is 0 Å². The van der Waals surface area contributed by atoms with Crippen molar-refractivity contribution in [2.75, 3.05) is 18.8 Å². The van der Waals surface area contributed by atoms with E-state index in [0.717, 1.165) is 11.3 Å². The van der Waals surface area contributed by atoms with Crippen LogP contribution in [0.2, 0.25) is 0 Å². The molecule has 0 spiro atoms. The minimum Gasteiger partial charge on any atom is -0.478 e. The van der Waals surface area contributed by atoms with Crippen molar-refractivity contribution in [3.05, 3.63) is 11.1 Å². The van der Waals surface area contributed by atoms with Crippen molar-refractivity contribution in [1.82, 2.24) is 14.2 Å². The highest BCUT2D eigenvalue weighted by molar-refractivity contribution is 7.84. The number of likely N-dealkylation sites (tertiary alicyclic amines) is 1. The number of amides is 2. The summed E-state index contributed by atoms with van der Waals surface area (Å²) < 4.78 is 33.2. The zero-order valence-corrected chi connectivity index (χ0v) is 20.3. The fraction of sp³-hybridized carbons (Fsp3) is 0.556.